The van der Waals surface area contributed by atoms with Gasteiger partial charge in [0, 0.05) is 13.0 Å². The van der Waals surface area contributed by atoms with Crippen LogP contribution >= 0.6 is 0 Å². The van der Waals surface area contributed by atoms with Crippen molar-refractivity contribution in [2.75, 3.05) is 13.2 Å². The molecule has 0 saturated carbocycles. The molecule has 0 aliphatic rings. The van der Waals surface area contributed by atoms with Crippen LogP contribution in [0.25, 0.3) is 0 Å². The number of nitrogens with one attached hydrogen (secondary N) is 1. The monoisotopic (exact) mass is 411 g/mol. The number of carbonyl (C=O) groups is 2. The molecular weight excluding hydrogens is 382 g/mol. The maximum absolute atomic E-state index is 12.4. The van der Waals surface area contributed by atoms with Crippen LogP contribution in [-0.2, 0) is 27.3 Å². The zero-order valence-electron chi connectivity index (χ0n) is 17.1. The first-order valence-corrected chi connectivity index (χ1v) is 10.1. The summed E-state index contributed by atoms with van der Waals surface area (Å²) in [5.74, 6) is -0.355. The summed E-state index contributed by atoms with van der Waals surface area (Å²) in [5, 5.41) is 11.9. The number of esters is 1. The third-order valence-electron chi connectivity index (χ3n) is 4.44. The molecule has 6 nitrogen and oxygen atoms in total. The number of carboxylic acid groups (broad SMARTS) is 1. The van der Waals surface area contributed by atoms with Crippen molar-refractivity contribution in [2.45, 2.75) is 38.3 Å². The van der Waals surface area contributed by atoms with E-state index < -0.39 is 12.0 Å². The molecular formula is C24H29NO5. The Morgan fingerprint density at radius 2 is 1.77 bits per heavy atom. The van der Waals surface area contributed by atoms with Crippen LogP contribution in [0.3, 0.4) is 0 Å². The fourth-order valence-electron chi connectivity index (χ4n) is 2.84. The van der Waals surface area contributed by atoms with E-state index in [2.05, 4.69) is 11.9 Å². The fraction of sp³-hybridized carbons (Fsp3) is 0.333. The Bertz CT molecular complexity index is 789. The van der Waals surface area contributed by atoms with Gasteiger partial charge in [-0.15, -0.1) is 0 Å². The Balaban J connectivity index is 1.85. The van der Waals surface area contributed by atoms with Gasteiger partial charge in [0.25, 0.3) is 0 Å². The lowest BCUT2D eigenvalue weighted by Gasteiger charge is -2.18. The van der Waals surface area contributed by atoms with Crippen molar-refractivity contribution >= 4 is 11.9 Å². The lowest BCUT2D eigenvalue weighted by molar-refractivity contribution is -0.145. The Hall–Kier alpha value is -3.12. The van der Waals surface area contributed by atoms with Gasteiger partial charge in [-0.1, -0.05) is 55.1 Å². The van der Waals surface area contributed by atoms with Crippen LogP contribution in [0.15, 0.2) is 67.3 Å². The van der Waals surface area contributed by atoms with Crippen molar-refractivity contribution in [3.63, 3.8) is 0 Å². The highest BCUT2D eigenvalue weighted by Crippen LogP contribution is 2.14. The smallest absolute Gasteiger partial charge is 0.323 e. The third kappa shape index (κ3) is 8.92. The molecule has 0 aliphatic heterocycles. The van der Waals surface area contributed by atoms with E-state index in [4.69, 9.17) is 14.6 Å². The fourth-order valence-corrected chi connectivity index (χ4v) is 2.84. The van der Waals surface area contributed by atoms with Crippen LogP contribution in [0, 0.1) is 0 Å². The lowest BCUT2D eigenvalue weighted by Crippen LogP contribution is -2.39. The highest BCUT2D eigenvalue weighted by Gasteiger charge is 2.19. The van der Waals surface area contributed by atoms with Gasteiger partial charge in [-0.05, 0) is 42.5 Å². The molecule has 0 radical (unpaired) electrons. The van der Waals surface area contributed by atoms with E-state index in [-0.39, 0.29) is 19.0 Å². The summed E-state index contributed by atoms with van der Waals surface area (Å²) in [6.45, 7) is 4.76. The van der Waals surface area contributed by atoms with E-state index in [1.807, 2.05) is 54.6 Å². The van der Waals surface area contributed by atoms with Crippen molar-refractivity contribution in [3.05, 3.63) is 78.4 Å². The van der Waals surface area contributed by atoms with Gasteiger partial charge in [0.15, 0.2) is 0 Å². The topological polar surface area (TPSA) is 84.9 Å². The largest absolute Gasteiger partial charge is 0.494 e. The molecule has 1 atom stereocenters. The second kappa shape index (κ2) is 13.2. The Kier molecular flexibility index (Phi) is 10.2. The first-order chi connectivity index (χ1) is 14.6. The first kappa shape index (κ1) is 23.2. The van der Waals surface area contributed by atoms with Gasteiger partial charge in [0.1, 0.15) is 18.4 Å². The van der Waals surface area contributed by atoms with Crippen LogP contribution in [0.2, 0.25) is 0 Å². The van der Waals surface area contributed by atoms with Gasteiger partial charge >= 0.3 is 11.9 Å². The SMILES string of the molecule is C=CCOC(=O)[C@H](Cc1ccccc1)NCc1ccc(OCCCCC(=O)O)cc1. The Morgan fingerprint density at radius 3 is 2.43 bits per heavy atom. The number of carbonyl (C=O) groups excluding carboxylic acids is 1. The summed E-state index contributed by atoms with van der Waals surface area (Å²) in [6, 6.07) is 17.0. The van der Waals surface area contributed by atoms with Gasteiger partial charge in [0.2, 0.25) is 0 Å². The summed E-state index contributed by atoms with van der Waals surface area (Å²) in [5.41, 5.74) is 2.07. The zero-order valence-corrected chi connectivity index (χ0v) is 17.1. The predicted octanol–water partition coefficient (Wildman–Crippen LogP) is 3.75. The molecule has 2 aromatic carbocycles. The number of hydrogen-bond donors (Lipinski definition) is 2. The molecule has 0 amide bonds. The molecule has 0 spiro atoms. The van der Waals surface area contributed by atoms with Crippen molar-refractivity contribution < 1.29 is 24.2 Å². The average molecular weight is 411 g/mol. The van der Waals surface area contributed by atoms with Crippen molar-refractivity contribution in [3.8, 4) is 5.75 Å². The predicted molar refractivity (Wildman–Crippen MR) is 115 cm³/mol. The van der Waals surface area contributed by atoms with Gasteiger partial charge in [-0.2, -0.15) is 0 Å². The number of rotatable bonds is 14. The van der Waals surface area contributed by atoms with Crippen LogP contribution in [0.4, 0.5) is 0 Å². The van der Waals surface area contributed by atoms with Crippen molar-refractivity contribution in [2.24, 2.45) is 0 Å². The number of unbranched alkanes of at least 4 members (excludes halogenated alkanes) is 1. The molecule has 0 bridgehead atoms. The number of aliphatic carboxylic acids is 1. The number of carboxylic acids is 1. The van der Waals surface area contributed by atoms with Crippen molar-refractivity contribution in [1.29, 1.82) is 0 Å². The van der Waals surface area contributed by atoms with Crippen LogP contribution in [0.1, 0.15) is 30.4 Å². The minimum absolute atomic E-state index is 0.160. The van der Waals surface area contributed by atoms with E-state index in [9.17, 15) is 9.59 Å². The van der Waals surface area contributed by atoms with E-state index in [1.165, 1.54) is 0 Å². The lowest BCUT2D eigenvalue weighted by atomic mass is 10.1. The first-order valence-electron chi connectivity index (χ1n) is 10.1. The van der Waals surface area contributed by atoms with Gasteiger partial charge in [-0.25, -0.2) is 0 Å². The minimum atomic E-state index is -0.786. The van der Waals surface area contributed by atoms with E-state index in [0.717, 1.165) is 16.9 Å². The molecule has 2 rings (SSSR count). The molecule has 0 aromatic heterocycles. The quantitative estimate of drug-likeness (QED) is 0.280. The van der Waals surface area contributed by atoms with Crippen molar-refractivity contribution in [1.82, 2.24) is 5.32 Å². The second-order valence-electron chi connectivity index (χ2n) is 6.89. The standard InChI is InChI=1S/C24H29NO5/c1-2-15-30-24(28)22(17-19-8-4-3-5-9-19)25-18-20-11-13-21(14-12-20)29-16-7-6-10-23(26)27/h2-5,8-9,11-14,22,25H,1,6-7,10,15-18H2,(H,26,27)/t22-/m0/s1. The van der Waals surface area contributed by atoms with Gasteiger partial charge in [-0.3, -0.25) is 9.59 Å². The Morgan fingerprint density at radius 1 is 1.03 bits per heavy atom. The number of hydrogen-bond acceptors (Lipinski definition) is 5. The summed E-state index contributed by atoms with van der Waals surface area (Å²) in [6.07, 6.45) is 3.55. The molecule has 0 unspecified atom stereocenters. The number of benzene rings is 2. The third-order valence-corrected chi connectivity index (χ3v) is 4.44. The molecule has 6 heteroatoms. The van der Waals surface area contributed by atoms with E-state index in [1.54, 1.807) is 6.08 Å². The molecule has 30 heavy (non-hydrogen) atoms. The van der Waals surface area contributed by atoms with Gasteiger partial charge in [0.05, 0.1) is 6.61 Å². The maximum atomic E-state index is 12.4. The van der Waals surface area contributed by atoms with E-state index in [0.29, 0.717) is 32.4 Å². The normalized spacial score (nSPS) is 11.5. The summed E-state index contributed by atoms with van der Waals surface area (Å²) < 4.78 is 10.9. The molecule has 0 fully saturated rings. The zero-order chi connectivity index (χ0) is 21.6. The summed E-state index contributed by atoms with van der Waals surface area (Å²) >= 11 is 0. The second-order valence-corrected chi connectivity index (χ2v) is 6.89. The molecule has 0 heterocycles. The van der Waals surface area contributed by atoms with Crippen LogP contribution in [0.5, 0.6) is 5.75 Å². The summed E-state index contributed by atoms with van der Waals surface area (Å²) in [7, 11) is 0. The molecule has 160 valence electrons. The van der Waals surface area contributed by atoms with Crippen LogP contribution < -0.4 is 10.1 Å². The van der Waals surface area contributed by atoms with Crippen LogP contribution in [-0.4, -0.2) is 36.3 Å². The molecule has 0 saturated heterocycles. The molecule has 0 aliphatic carbocycles. The van der Waals surface area contributed by atoms with Gasteiger partial charge < -0.3 is 19.9 Å². The highest BCUT2D eigenvalue weighted by atomic mass is 16.5. The van der Waals surface area contributed by atoms with E-state index >= 15 is 0 Å². The maximum Gasteiger partial charge on any atom is 0.323 e. The average Bonchev–Trinajstić information content (AvgIpc) is 2.76. The molecule has 2 aromatic rings. The number of ether oxygens (including phenoxy) is 2. The minimum Gasteiger partial charge on any atom is -0.494 e. The summed E-state index contributed by atoms with van der Waals surface area (Å²) in [4.78, 5) is 22.9. The molecule has 2 N–H and O–H groups in total. The highest BCUT2D eigenvalue weighted by molar-refractivity contribution is 5.76. The Labute approximate surface area is 177 Å².